The summed E-state index contributed by atoms with van der Waals surface area (Å²) < 4.78 is 10.9. The third-order valence-electron chi connectivity index (χ3n) is 3.15. The molecule has 4 nitrogen and oxygen atoms in total. The largest absolute Gasteiger partial charge is 0.495 e. The van der Waals surface area contributed by atoms with Crippen molar-refractivity contribution in [3.63, 3.8) is 0 Å². The first-order valence-corrected chi connectivity index (χ1v) is 6.62. The normalized spacial score (nSPS) is 11.5. The molecule has 0 aliphatic heterocycles. The molecule has 0 unspecified atom stereocenters. The van der Waals surface area contributed by atoms with Crippen LogP contribution in [-0.2, 0) is 6.61 Å². The molecule has 0 radical (unpaired) electrons. The minimum atomic E-state index is -0.586. The number of hydrogen-bond acceptors (Lipinski definition) is 4. The van der Waals surface area contributed by atoms with E-state index in [1.54, 1.807) is 19.1 Å². The van der Waals surface area contributed by atoms with Gasteiger partial charge in [-0.25, -0.2) is 0 Å². The number of nitriles is 1. The molecule has 2 aromatic carbocycles. The molecule has 0 fully saturated rings. The maximum atomic E-state index is 9.72. The summed E-state index contributed by atoms with van der Waals surface area (Å²) in [6.45, 7) is 2.04. The molecule has 2 aromatic rings. The van der Waals surface area contributed by atoms with Crippen molar-refractivity contribution in [3.8, 4) is 17.6 Å². The molecule has 1 N–H and O–H groups in total. The maximum Gasteiger partial charge on any atom is 0.137 e. The standard InChI is InChI=1S/C17H17NO3/c1-12(19)15-5-3-4-6-16(15)21-11-13-7-8-14(10-18)17(9-13)20-2/h3-9,12,19H,11H2,1-2H3/t12-/m1/s1. The van der Waals surface area contributed by atoms with E-state index in [0.29, 0.717) is 23.7 Å². The molecule has 0 amide bonds. The van der Waals surface area contributed by atoms with Crippen LogP contribution >= 0.6 is 0 Å². The lowest BCUT2D eigenvalue weighted by Crippen LogP contribution is -2.01. The van der Waals surface area contributed by atoms with Gasteiger partial charge in [0.25, 0.3) is 0 Å². The molecule has 2 rings (SSSR count). The second kappa shape index (κ2) is 6.78. The van der Waals surface area contributed by atoms with Crippen LogP contribution in [0.2, 0.25) is 0 Å². The summed E-state index contributed by atoms with van der Waals surface area (Å²) in [4.78, 5) is 0. The van der Waals surface area contributed by atoms with Crippen LogP contribution in [-0.4, -0.2) is 12.2 Å². The second-order valence-corrected chi connectivity index (χ2v) is 4.65. The molecule has 21 heavy (non-hydrogen) atoms. The summed E-state index contributed by atoms with van der Waals surface area (Å²) in [5.74, 6) is 1.18. The van der Waals surface area contributed by atoms with Gasteiger partial charge in [-0.3, -0.25) is 0 Å². The first kappa shape index (κ1) is 14.9. The highest BCUT2D eigenvalue weighted by atomic mass is 16.5. The Bertz CT molecular complexity index is 659. The summed E-state index contributed by atoms with van der Waals surface area (Å²) >= 11 is 0. The Morgan fingerprint density at radius 3 is 2.62 bits per heavy atom. The van der Waals surface area contributed by atoms with Gasteiger partial charge in [0, 0.05) is 5.56 Å². The van der Waals surface area contributed by atoms with Crippen molar-refractivity contribution in [1.29, 1.82) is 5.26 Å². The van der Waals surface area contributed by atoms with Gasteiger partial charge >= 0.3 is 0 Å². The third-order valence-corrected chi connectivity index (χ3v) is 3.15. The molecular weight excluding hydrogens is 266 g/mol. The summed E-state index contributed by atoms with van der Waals surface area (Å²) in [5.41, 5.74) is 2.13. The molecular formula is C17H17NO3. The number of benzene rings is 2. The highest BCUT2D eigenvalue weighted by Gasteiger charge is 2.09. The maximum absolute atomic E-state index is 9.72. The molecule has 0 saturated heterocycles. The monoisotopic (exact) mass is 283 g/mol. The quantitative estimate of drug-likeness (QED) is 0.915. The smallest absolute Gasteiger partial charge is 0.137 e. The van der Waals surface area contributed by atoms with Gasteiger partial charge in [-0.15, -0.1) is 0 Å². The number of aliphatic hydroxyl groups is 1. The molecule has 0 bridgehead atoms. The Kier molecular flexibility index (Phi) is 4.81. The second-order valence-electron chi connectivity index (χ2n) is 4.65. The molecule has 0 spiro atoms. The van der Waals surface area contributed by atoms with E-state index in [0.717, 1.165) is 11.1 Å². The van der Waals surface area contributed by atoms with Gasteiger partial charge < -0.3 is 14.6 Å². The lowest BCUT2D eigenvalue weighted by atomic mass is 10.1. The van der Waals surface area contributed by atoms with Crippen LogP contribution in [0.1, 0.15) is 29.7 Å². The van der Waals surface area contributed by atoms with Crippen LogP contribution in [0.3, 0.4) is 0 Å². The number of methoxy groups -OCH3 is 1. The highest BCUT2D eigenvalue weighted by Crippen LogP contribution is 2.26. The van der Waals surface area contributed by atoms with Crippen LogP contribution in [0.15, 0.2) is 42.5 Å². The van der Waals surface area contributed by atoms with E-state index < -0.39 is 6.10 Å². The lowest BCUT2D eigenvalue weighted by molar-refractivity contribution is 0.190. The van der Waals surface area contributed by atoms with Crippen LogP contribution in [0, 0.1) is 11.3 Å². The fourth-order valence-corrected chi connectivity index (χ4v) is 2.04. The van der Waals surface area contributed by atoms with Crippen molar-refractivity contribution >= 4 is 0 Å². The first-order chi connectivity index (χ1) is 10.2. The SMILES string of the molecule is COc1cc(COc2ccccc2[C@@H](C)O)ccc1C#N. The fourth-order valence-electron chi connectivity index (χ4n) is 2.04. The molecule has 0 aliphatic carbocycles. The van der Waals surface area contributed by atoms with Crippen LogP contribution in [0.4, 0.5) is 0 Å². The van der Waals surface area contributed by atoms with Gasteiger partial charge in [0.2, 0.25) is 0 Å². The van der Waals surface area contributed by atoms with E-state index in [9.17, 15) is 5.11 Å². The number of ether oxygens (including phenoxy) is 2. The van der Waals surface area contributed by atoms with Gasteiger partial charge in [0.05, 0.1) is 18.8 Å². The molecule has 0 heterocycles. The van der Waals surface area contributed by atoms with E-state index in [-0.39, 0.29) is 0 Å². The summed E-state index contributed by atoms with van der Waals surface area (Å²) in [6.07, 6.45) is -0.586. The highest BCUT2D eigenvalue weighted by molar-refractivity contribution is 5.45. The zero-order valence-corrected chi connectivity index (χ0v) is 12.0. The predicted molar refractivity (Wildman–Crippen MR) is 79.1 cm³/mol. The van der Waals surface area contributed by atoms with Gasteiger partial charge in [-0.2, -0.15) is 5.26 Å². The van der Waals surface area contributed by atoms with Crippen LogP contribution < -0.4 is 9.47 Å². The molecule has 4 heteroatoms. The summed E-state index contributed by atoms with van der Waals surface area (Å²) in [5, 5.41) is 18.7. The fraction of sp³-hybridized carbons (Fsp3) is 0.235. The Labute approximate surface area is 124 Å². The first-order valence-electron chi connectivity index (χ1n) is 6.62. The van der Waals surface area contributed by atoms with E-state index >= 15 is 0 Å². The Hall–Kier alpha value is -2.51. The third kappa shape index (κ3) is 3.53. The topological polar surface area (TPSA) is 62.5 Å². The zero-order chi connectivity index (χ0) is 15.2. The zero-order valence-electron chi connectivity index (χ0n) is 12.0. The minimum absolute atomic E-state index is 0.339. The molecule has 1 atom stereocenters. The Morgan fingerprint density at radius 2 is 1.95 bits per heavy atom. The van der Waals surface area contributed by atoms with Crippen molar-refractivity contribution in [2.45, 2.75) is 19.6 Å². The summed E-state index contributed by atoms with van der Waals surface area (Å²) in [6, 6.07) is 14.8. The Morgan fingerprint density at radius 1 is 1.19 bits per heavy atom. The van der Waals surface area contributed by atoms with Crippen LogP contribution in [0.5, 0.6) is 11.5 Å². The van der Waals surface area contributed by atoms with Gasteiger partial charge in [-0.1, -0.05) is 24.3 Å². The number of nitrogens with zero attached hydrogens (tertiary/aromatic N) is 1. The number of para-hydroxylation sites is 1. The van der Waals surface area contributed by atoms with Crippen molar-refractivity contribution in [2.75, 3.05) is 7.11 Å². The van der Waals surface area contributed by atoms with E-state index in [2.05, 4.69) is 6.07 Å². The van der Waals surface area contributed by atoms with Crippen molar-refractivity contribution < 1.29 is 14.6 Å². The van der Waals surface area contributed by atoms with Crippen molar-refractivity contribution in [2.24, 2.45) is 0 Å². The van der Waals surface area contributed by atoms with E-state index in [1.807, 2.05) is 30.3 Å². The summed E-state index contributed by atoms with van der Waals surface area (Å²) in [7, 11) is 1.53. The molecule has 0 aromatic heterocycles. The van der Waals surface area contributed by atoms with E-state index in [1.165, 1.54) is 7.11 Å². The van der Waals surface area contributed by atoms with Crippen molar-refractivity contribution in [3.05, 3.63) is 59.2 Å². The average Bonchev–Trinajstić information content (AvgIpc) is 2.52. The molecule has 0 aliphatic rings. The van der Waals surface area contributed by atoms with E-state index in [4.69, 9.17) is 14.7 Å². The Balaban J connectivity index is 2.16. The molecule has 0 saturated carbocycles. The van der Waals surface area contributed by atoms with Crippen LogP contribution in [0.25, 0.3) is 0 Å². The number of aliphatic hydroxyl groups excluding tert-OH is 1. The molecule has 108 valence electrons. The van der Waals surface area contributed by atoms with Gasteiger partial charge in [0.15, 0.2) is 0 Å². The number of hydrogen-bond donors (Lipinski definition) is 1. The minimum Gasteiger partial charge on any atom is -0.495 e. The lowest BCUT2D eigenvalue weighted by Gasteiger charge is -2.13. The van der Waals surface area contributed by atoms with Gasteiger partial charge in [-0.05, 0) is 30.7 Å². The number of rotatable bonds is 5. The van der Waals surface area contributed by atoms with Gasteiger partial charge in [0.1, 0.15) is 24.2 Å². The average molecular weight is 283 g/mol. The van der Waals surface area contributed by atoms with Crippen molar-refractivity contribution in [1.82, 2.24) is 0 Å². The predicted octanol–water partition coefficient (Wildman–Crippen LogP) is 3.20.